The van der Waals surface area contributed by atoms with Crippen LogP contribution in [-0.2, 0) is 0 Å². The molecule has 2 heteroatoms. The SMILES string of the molecule is CCC1CCCN(CCC(C)(C)O)C1. The largest absolute Gasteiger partial charge is 0.390 e. The van der Waals surface area contributed by atoms with Crippen LogP contribution < -0.4 is 0 Å². The zero-order valence-electron chi connectivity index (χ0n) is 9.92. The first-order chi connectivity index (χ1) is 6.51. The van der Waals surface area contributed by atoms with Crippen molar-refractivity contribution >= 4 is 0 Å². The molecular formula is C12H25NO. The Hall–Kier alpha value is -0.0800. The van der Waals surface area contributed by atoms with Crippen LogP contribution in [0.2, 0.25) is 0 Å². The van der Waals surface area contributed by atoms with E-state index in [1.807, 2.05) is 13.8 Å². The van der Waals surface area contributed by atoms with E-state index in [0.717, 1.165) is 18.9 Å². The summed E-state index contributed by atoms with van der Waals surface area (Å²) in [5, 5.41) is 9.64. The molecule has 1 rings (SSSR count). The standard InChI is InChI=1S/C12H25NO/c1-4-11-6-5-8-13(10-11)9-7-12(2,3)14/h11,14H,4-10H2,1-3H3. The zero-order valence-corrected chi connectivity index (χ0v) is 9.92. The van der Waals surface area contributed by atoms with Gasteiger partial charge < -0.3 is 10.0 Å². The molecule has 1 N–H and O–H groups in total. The van der Waals surface area contributed by atoms with Crippen molar-refractivity contribution in [2.75, 3.05) is 19.6 Å². The van der Waals surface area contributed by atoms with E-state index in [4.69, 9.17) is 0 Å². The van der Waals surface area contributed by atoms with Crippen LogP contribution in [0.4, 0.5) is 0 Å². The summed E-state index contributed by atoms with van der Waals surface area (Å²) in [6.45, 7) is 9.60. The highest BCUT2D eigenvalue weighted by molar-refractivity contribution is 4.75. The minimum absolute atomic E-state index is 0.501. The first-order valence-electron chi connectivity index (χ1n) is 5.96. The van der Waals surface area contributed by atoms with E-state index in [-0.39, 0.29) is 0 Å². The lowest BCUT2D eigenvalue weighted by atomic mass is 9.95. The second kappa shape index (κ2) is 5.13. The quantitative estimate of drug-likeness (QED) is 0.751. The van der Waals surface area contributed by atoms with E-state index in [9.17, 15) is 5.11 Å². The molecule has 0 amide bonds. The maximum absolute atomic E-state index is 9.64. The molecule has 1 unspecified atom stereocenters. The number of hydrogen-bond donors (Lipinski definition) is 1. The van der Waals surface area contributed by atoms with Crippen molar-refractivity contribution in [2.24, 2.45) is 5.92 Å². The topological polar surface area (TPSA) is 23.5 Å². The molecule has 0 aliphatic carbocycles. The van der Waals surface area contributed by atoms with Gasteiger partial charge in [-0.1, -0.05) is 13.3 Å². The minimum Gasteiger partial charge on any atom is -0.390 e. The Balaban J connectivity index is 2.24. The third-order valence-corrected chi connectivity index (χ3v) is 3.22. The summed E-state index contributed by atoms with van der Waals surface area (Å²) in [4.78, 5) is 2.51. The average Bonchev–Trinajstić information content (AvgIpc) is 2.14. The Morgan fingerprint density at radius 3 is 2.71 bits per heavy atom. The van der Waals surface area contributed by atoms with Gasteiger partial charge in [-0.05, 0) is 45.6 Å². The van der Waals surface area contributed by atoms with Crippen molar-refractivity contribution < 1.29 is 5.11 Å². The summed E-state index contributed by atoms with van der Waals surface area (Å²) in [7, 11) is 0. The summed E-state index contributed by atoms with van der Waals surface area (Å²) < 4.78 is 0. The van der Waals surface area contributed by atoms with Crippen molar-refractivity contribution in [3.8, 4) is 0 Å². The lowest BCUT2D eigenvalue weighted by Gasteiger charge is -2.33. The Kier molecular flexibility index (Phi) is 4.39. The van der Waals surface area contributed by atoms with E-state index < -0.39 is 5.60 Å². The summed E-state index contributed by atoms with van der Waals surface area (Å²) in [6, 6.07) is 0. The van der Waals surface area contributed by atoms with Crippen molar-refractivity contribution in [1.82, 2.24) is 4.90 Å². The molecule has 1 atom stereocenters. The molecule has 14 heavy (non-hydrogen) atoms. The van der Waals surface area contributed by atoms with Gasteiger partial charge in [-0.15, -0.1) is 0 Å². The number of aliphatic hydroxyl groups is 1. The first kappa shape index (κ1) is 12.0. The monoisotopic (exact) mass is 199 g/mol. The van der Waals surface area contributed by atoms with Gasteiger partial charge in [0.2, 0.25) is 0 Å². The maximum atomic E-state index is 9.64. The Bertz CT molecular complexity index is 162. The maximum Gasteiger partial charge on any atom is 0.0603 e. The van der Waals surface area contributed by atoms with Crippen LogP contribution in [0.15, 0.2) is 0 Å². The average molecular weight is 199 g/mol. The normalized spacial score (nSPS) is 25.3. The third kappa shape index (κ3) is 4.43. The fourth-order valence-electron chi connectivity index (χ4n) is 2.12. The molecule has 84 valence electrons. The van der Waals surface area contributed by atoms with Gasteiger partial charge in [0.05, 0.1) is 5.60 Å². The Morgan fingerprint density at radius 1 is 1.43 bits per heavy atom. The summed E-state index contributed by atoms with van der Waals surface area (Å²) >= 11 is 0. The summed E-state index contributed by atoms with van der Waals surface area (Å²) in [5.74, 6) is 0.894. The number of hydrogen-bond acceptors (Lipinski definition) is 2. The van der Waals surface area contributed by atoms with E-state index in [0.29, 0.717) is 0 Å². The minimum atomic E-state index is -0.501. The summed E-state index contributed by atoms with van der Waals surface area (Å²) in [5.41, 5.74) is -0.501. The van der Waals surface area contributed by atoms with Gasteiger partial charge in [-0.25, -0.2) is 0 Å². The van der Waals surface area contributed by atoms with Crippen molar-refractivity contribution in [1.29, 1.82) is 0 Å². The highest BCUT2D eigenvalue weighted by atomic mass is 16.3. The van der Waals surface area contributed by atoms with Crippen LogP contribution >= 0.6 is 0 Å². The molecule has 0 bridgehead atoms. The fourth-order valence-corrected chi connectivity index (χ4v) is 2.12. The second-order valence-corrected chi connectivity index (χ2v) is 5.28. The molecule has 0 aromatic heterocycles. The van der Waals surface area contributed by atoms with Crippen LogP contribution in [0.5, 0.6) is 0 Å². The van der Waals surface area contributed by atoms with Gasteiger partial charge >= 0.3 is 0 Å². The molecule has 0 spiro atoms. The van der Waals surface area contributed by atoms with E-state index in [1.165, 1.54) is 32.4 Å². The molecule has 1 heterocycles. The molecule has 1 fully saturated rings. The smallest absolute Gasteiger partial charge is 0.0603 e. The van der Waals surface area contributed by atoms with Crippen LogP contribution in [-0.4, -0.2) is 35.2 Å². The van der Waals surface area contributed by atoms with E-state index in [2.05, 4.69) is 11.8 Å². The van der Waals surface area contributed by atoms with Crippen molar-refractivity contribution in [2.45, 2.75) is 52.1 Å². The van der Waals surface area contributed by atoms with E-state index >= 15 is 0 Å². The number of nitrogens with zero attached hydrogens (tertiary/aromatic N) is 1. The third-order valence-electron chi connectivity index (χ3n) is 3.22. The Morgan fingerprint density at radius 2 is 2.14 bits per heavy atom. The molecule has 1 aliphatic rings. The van der Waals surface area contributed by atoms with Gasteiger partial charge in [0, 0.05) is 13.1 Å². The number of likely N-dealkylation sites (tertiary alicyclic amines) is 1. The second-order valence-electron chi connectivity index (χ2n) is 5.28. The van der Waals surface area contributed by atoms with Crippen molar-refractivity contribution in [3.05, 3.63) is 0 Å². The predicted octanol–water partition coefficient (Wildman–Crippen LogP) is 2.27. The van der Waals surface area contributed by atoms with Gasteiger partial charge in [0.1, 0.15) is 0 Å². The van der Waals surface area contributed by atoms with Crippen molar-refractivity contribution in [3.63, 3.8) is 0 Å². The molecule has 2 nitrogen and oxygen atoms in total. The van der Waals surface area contributed by atoms with Gasteiger partial charge in [-0.2, -0.15) is 0 Å². The highest BCUT2D eigenvalue weighted by Gasteiger charge is 2.20. The van der Waals surface area contributed by atoms with E-state index in [1.54, 1.807) is 0 Å². The lowest BCUT2D eigenvalue weighted by Crippen LogP contribution is -2.38. The summed E-state index contributed by atoms with van der Waals surface area (Å²) in [6.07, 6.45) is 4.93. The van der Waals surface area contributed by atoms with Crippen LogP contribution in [0.1, 0.15) is 46.5 Å². The van der Waals surface area contributed by atoms with Crippen LogP contribution in [0.3, 0.4) is 0 Å². The molecule has 0 saturated carbocycles. The van der Waals surface area contributed by atoms with Crippen LogP contribution in [0.25, 0.3) is 0 Å². The molecule has 0 aromatic carbocycles. The van der Waals surface area contributed by atoms with Gasteiger partial charge in [0.25, 0.3) is 0 Å². The fraction of sp³-hybridized carbons (Fsp3) is 1.00. The highest BCUT2D eigenvalue weighted by Crippen LogP contribution is 2.20. The number of piperidine rings is 1. The number of rotatable bonds is 4. The van der Waals surface area contributed by atoms with Crippen LogP contribution in [0, 0.1) is 5.92 Å². The lowest BCUT2D eigenvalue weighted by molar-refractivity contribution is 0.0503. The zero-order chi connectivity index (χ0) is 10.6. The first-order valence-corrected chi connectivity index (χ1v) is 5.96. The molecule has 0 aromatic rings. The molecule has 1 aliphatic heterocycles. The predicted molar refractivity (Wildman–Crippen MR) is 60.4 cm³/mol. The molecule has 1 saturated heterocycles. The molecular weight excluding hydrogens is 174 g/mol. The Labute approximate surface area is 88.3 Å². The molecule has 0 radical (unpaired) electrons. The van der Waals surface area contributed by atoms with Gasteiger partial charge in [0.15, 0.2) is 0 Å². The van der Waals surface area contributed by atoms with Gasteiger partial charge in [-0.3, -0.25) is 0 Å².